The molecule has 0 radical (unpaired) electrons. The molecule has 1 atom stereocenters. The maximum Gasteiger partial charge on any atom is 0.105 e. The lowest BCUT2D eigenvalue weighted by Crippen LogP contribution is -2.40. The Morgan fingerprint density at radius 2 is 2.11 bits per heavy atom. The number of rotatable bonds is 4. The van der Waals surface area contributed by atoms with Gasteiger partial charge in [0.1, 0.15) is 5.82 Å². The number of hydrogen-bond acceptors (Lipinski definition) is 3. The molecule has 2 aliphatic heterocycles. The van der Waals surface area contributed by atoms with E-state index in [0.717, 1.165) is 24.3 Å². The molecule has 4 nitrogen and oxygen atoms in total. The van der Waals surface area contributed by atoms with Crippen molar-refractivity contribution in [1.82, 2.24) is 19.8 Å². The van der Waals surface area contributed by atoms with Crippen molar-refractivity contribution in [1.29, 1.82) is 0 Å². The zero-order valence-corrected chi connectivity index (χ0v) is 12.0. The van der Waals surface area contributed by atoms with Gasteiger partial charge in [0.05, 0.1) is 0 Å². The van der Waals surface area contributed by atoms with E-state index in [1.807, 2.05) is 6.20 Å². The number of nitrogens with zero attached hydrogens (tertiary/aromatic N) is 3. The van der Waals surface area contributed by atoms with Gasteiger partial charge in [-0.15, -0.1) is 0 Å². The van der Waals surface area contributed by atoms with Crippen LogP contribution < -0.4 is 5.32 Å². The van der Waals surface area contributed by atoms with Gasteiger partial charge in [0.25, 0.3) is 0 Å². The highest BCUT2D eigenvalue weighted by molar-refractivity contribution is 4.92. The lowest BCUT2D eigenvalue weighted by Gasteiger charge is -2.31. The summed E-state index contributed by atoms with van der Waals surface area (Å²) in [6.45, 7) is 8.25. The first-order valence-electron chi connectivity index (χ1n) is 7.75. The summed E-state index contributed by atoms with van der Waals surface area (Å²) in [7, 11) is 0. The van der Waals surface area contributed by atoms with Crippen LogP contribution in [0.25, 0.3) is 0 Å². The molecule has 1 N–H and O–H groups in total. The summed E-state index contributed by atoms with van der Waals surface area (Å²) in [6, 6.07) is 0.725. The summed E-state index contributed by atoms with van der Waals surface area (Å²) in [6.07, 6.45) is 9.46. The minimum Gasteiger partial charge on any atom is -0.334 e. The first-order valence-corrected chi connectivity index (χ1v) is 7.75. The van der Waals surface area contributed by atoms with Gasteiger partial charge in [-0.25, -0.2) is 4.98 Å². The van der Waals surface area contributed by atoms with E-state index in [1.165, 1.54) is 51.9 Å². The maximum atomic E-state index is 4.34. The van der Waals surface area contributed by atoms with E-state index in [1.54, 1.807) is 0 Å². The quantitative estimate of drug-likeness (QED) is 0.896. The topological polar surface area (TPSA) is 33.1 Å². The molecular weight excluding hydrogens is 236 g/mol. The van der Waals surface area contributed by atoms with E-state index < -0.39 is 0 Å². The highest BCUT2D eigenvalue weighted by atomic mass is 15.2. The predicted octanol–water partition coefficient (Wildman–Crippen LogP) is 1.66. The molecule has 1 aromatic heterocycles. The summed E-state index contributed by atoms with van der Waals surface area (Å²) in [5.74, 6) is 2.06. The van der Waals surface area contributed by atoms with Crippen LogP contribution in [-0.4, -0.2) is 46.7 Å². The second-order valence-corrected chi connectivity index (χ2v) is 6.11. The van der Waals surface area contributed by atoms with Gasteiger partial charge in [-0.3, -0.25) is 4.90 Å². The largest absolute Gasteiger partial charge is 0.334 e. The predicted molar refractivity (Wildman–Crippen MR) is 77.2 cm³/mol. The Kier molecular flexibility index (Phi) is 4.18. The summed E-state index contributed by atoms with van der Waals surface area (Å²) in [5, 5.41) is 3.46. The van der Waals surface area contributed by atoms with E-state index in [-0.39, 0.29) is 0 Å². The molecule has 2 fully saturated rings. The molecule has 3 rings (SSSR count). The first kappa shape index (κ1) is 13.1. The van der Waals surface area contributed by atoms with E-state index in [9.17, 15) is 0 Å². The average molecular weight is 262 g/mol. The van der Waals surface area contributed by atoms with Crippen LogP contribution in [0, 0.1) is 12.8 Å². The van der Waals surface area contributed by atoms with Crippen molar-refractivity contribution < 1.29 is 0 Å². The van der Waals surface area contributed by atoms with Crippen molar-refractivity contribution >= 4 is 0 Å². The van der Waals surface area contributed by atoms with Crippen LogP contribution >= 0.6 is 0 Å². The highest BCUT2D eigenvalue weighted by Gasteiger charge is 2.27. The standard InChI is InChI=1S/C15H26N4/c1-13-17-8-10-18(13)12-15-3-2-9-19(15)11-14-4-6-16-7-5-14/h8,10,14-16H,2-7,9,11-12H2,1H3. The Morgan fingerprint density at radius 3 is 2.84 bits per heavy atom. The van der Waals surface area contributed by atoms with Crippen molar-refractivity contribution in [2.75, 3.05) is 26.2 Å². The molecule has 4 heteroatoms. The zero-order valence-electron chi connectivity index (χ0n) is 12.0. The Morgan fingerprint density at radius 1 is 1.26 bits per heavy atom. The SMILES string of the molecule is Cc1nccn1CC1CCCN1CC1CCNCC1. The molecular formula is C15H26N4. The molecule has 0 bridgehead atoms. The number of piperidine rings is 1. The van der Waals surface area contributed by atoms with Crippen LogP contribution in [0.1, 0.15) is 31.5 Å². The van der Waals surface area contributed by atoms with E-state index >= 15 is 0 Å². The number of hydrogen-bond donors (Lipinski definition) is 1. The Labute approximate surface area is 116 Å². The fourth-order valence-corrected chi connectivity index (χ4v) is 3.56. The van der Waals surface area contributed by atoms with Crippen molar-refractivity contribution in [2.45, 2.75) is 45.2 Å². The lowest BCUT2D eigenvalue weighted by molar-refractivity contribution is 0.179. The molecule has 0 aliphatic carbocycles. The molecule has 0 amide bonds. The van der Waals surface area contributed by atoms with E-state index in [2.05, 4.69) is 32.9 Å². The van der Waals surface area contributed by atoms with Crippen LogP contribution in [0.5, 0.6) is 0 Å². The van der Waals surface area contributed by atoms with Crippen LogP contribution in [-0.2, 0) is 6.54 Å². The summed E-state index contributed by atoms with van der Waals surface area (Å²) in [5.41, 5.74) is 0. The van der Waals surface area contributed by atoms with Gasteiger partial charge in [0.2, 0.25) is 0 Å². The molecule has 1 aromatic rings. The maximum absolute atomic E-state index is 4.34. The van der Waals surface area contributed by atoms with Crippen molar-refractivity contribution in [2.24, 2.45) is 5.92 Å². The third-order valence-corrected chi connectivity index (χ3v) is 4.78. The summed E-state index contributed by atoms with van der Waals surface area (Å²) >= 11 is 0. The molecule has 2 aliphatic rings. The minimum absolute atomic E-state index is 0.725. The normalized spacial score (nSPS) is 26.1. The highest BCUT2D eigenvalue weighted by Crippen LogP contribution is 2.23. The second kappa shape index (κ2) is 6.06. The van der Waals surface area contributed by atoms with Crippen LogP contribution in [0.3, 0.4) is 0 Å². The molecule has 19 heavy (non-hydrogen) atoms. The Bertz CT molecular complexity index is 395. The number of aromatic nitrogens is 2. The fraction of sp³-hybridized carbons (Fsp3) is 0.800. The second-order valence-electron chi connectivity index (χ2n) is 6.11. The van der Waals surface area contributed by atoms with Gasteiger partial charge in [-0.2, -0.15) is 0 Å². The fourth-order valence-electron chi connectivity index (χ4n) is 3.56. The Hall–Kier alpha value is -0.870. The lowest BCUT2D eigenvalue weighted by atomic mass is 9.97. The Balaban J connectivity index is 1.56. The number of nitrogens with one attached hydrogen (secondary N) is 1. The molecule has 106 valence electrons. The van der Waals surface area contributed by atoms with Crippen LogP contribution in [0.2, 0.25) is 0 Å². The van der Waals surface area contributed by atoms with E-state index in [4.69, 9.17) is 0 Å². The third-order valence-electron chi connectivity index (χ3n) is 4.78. The third kappa shape index (κ3) is 3.18. The molecule has 1 unspecified atom stereocenters. The summed E-state index contributed by atoms with van der Waals surface area (Å²) in [4.78, 5) is 7.07. The average Bonchev–Trinajstić information content (AvgIpc) is 3.02. The van der Waals surface area contributed by atoms with Crippen molar-refractivity contribution in [3.8, 4) is 0 Å². The van der Waals surface area contributed by atoms with Crippen LogP contribution in [0.15, 0.2) is 12.4 Å². The summed E-state index contributed by atoms with van der Waals surface area (Å²) < 4.78 is 2.31. The minimum atomic E-state index is 0.725. The van der Waals surface area contributed by atoms with E-state index in [0.29, 0.717) is 0 Å². The molecule has 2 saturated heterocycles. The van der Waals surface area contributed by atoms with Gasteiger partial charge in [0, 0.05) is 31.5 Å². The van der Waals surface area contributed by atoms with Gasteiger partial charge in [-0.05, 0) is 58.2 Å². The van der Waals surface area contributed by atoms with Gasteiger partial charge >= 0.3 is 0 Å². The number of likely N-dealkylation sites (tertiary alicyclic amines) is 1. The smallest absolute Gasteiger partial charge is 0.105 e. The van der Waals surface area contributed by atoms with Crippen LogP contribution in [0.4, 0.5) is 0 Å². The molecule has 0 aromatic carbocycles. The monoisotopic (exact) mass is 262 g/mol. The van der Waals surface area contributed by atoms with Crippen molar-refractivity contribution in [3.05, 3.63) is 18.2 Å². The van der Waals surface area contributed by atoms with Gasteiger partial charge in [0.15, 0.2) is 0 Å². The molecule has 0 saturated carbocycles. The molecule has 3 heterocycles. The van der Waals surface area contributed by atoms with Gasteiger partial charge in [-0.1, -0.05) is 0 Å². The number of imidazole rings is 1. The molecule has 0 spiro atoms. The zero-order chi connectivity index (χ0) is 13.1. The van der Waals surface area contributed by atoms with Crippen molar-refractivity contribution in [3.63, 3.8) is 0 Å². The van der Waals surface area contributed by atoms with Gasteiger partial charge < -0.3 is 9.88 Å². The number of aryl methyl sites for hydroxylation is 1. The first-order chi connectivity index (χ1) is 9.33.